The van der Waals surface area contributed by atoms with Crippen LogP contribution < -0.4 is 0 Å². The first-order valence-corrected chi connectivity index (χ1v) is 4.70. The molecular weight excluding hydrogens is 217 g/mol. The fourth-order valence-electron chi connectivity index (χ4n) is 0.864. The van der Waals surface area contributed by atoms with Crippen LogP contribution in [-0.2, 0) is 0 Å². The van der Waals surface area contributed by atoms with Crippen molar-refractivity contribution in [3.05, 3.63) is 11.1 Å². The molecule has 0 aliphatic rings. The molecule has 0 atom stereocenters. The van der Waals surface area contributed by atoms with Crippen LogP contribution in [0.4, 0.5) is 13.2 Å². The average Bonchev–Trinajstić information content (AvgIpc) is 2.53. The van der Waals surface area contributed by atoms with Crippen LogP contribution in [0.15, 0.2) is 5.38 Å². The van der Waals surface area contributed by atoms with Crippen molar-refractivity contribution < 1.29 is 18.0 Å². The lowest BCUT2D eigenvalue weighted by Crippen LogP contribution is -2.08. The average molecular weight is 224 g/mol. The molecule has 14 heavy (non-hydrogen) atoms. The minimum absolute atomic E-state index is 0.134. The zero-order chi connectivity index (χ0) is 10.6. The van der Waals surface area contributed by atoms with E-state index < -0.39 is 12.6 Å². The smallest absolute Gasteiger partial charge is 0.292 e. The molecule has 0 saturated carbocycles. The van der Waals surface area contributed by atoms with Crippen LogP contribution in [0.1, 0.15) is 29.8 Å². The molecule has 0 unspecified atom stereocenters. The van der Waals surface area contributed by atoms with Crippen molar-refractivity contribution in [1.82, 2.24) is 9.59 Å². The molecule has 1 rings (SSSR count). The minimum atomic E-state index is -4.19. The molecule has 0 saturated heterocycles. The second-order valence-electron chi connectivity index (χ2n) is 2.68. The van der Waals surface area contributed by atoms with Crippen LogP contribution in [0.25, 0.3) is 0 Å². The highest BCUT2D eigenvalue weighted by Crippen LogP contribution is 2.22. The number of halogens is 3. The standard InChI is InChI=1S/C7H7F3N2OS/c8-7(9,10)3-1-2-6(13)5-4-14-12-11-5/h4H,1-3H2. The second kappa shape index (κ2) is 4.50. The van der Waals surface area contributed by atoms with Gasteiger partial charge in [-0.3, -0.25) is 4.79 Å². The molecule has 1 aromatic rings. The third kappa shape index (κ3) is 3.82. The van der Waals surface area contributed by atoms with Gasteiger partial charge < -0.3 is 0 Å². The first kappa shape index (κ1) is 11.1. The van der Waals surface area contributed by atoms with Gasteiger partial charge in [-0.15, -0.1) is 5.10 Å². The Morgan fingerprint density at radius 1 is 1.50 bits per heavy atom. The lowest BCUT2D eigenvalue weighted by atomic mass is 10.1. The molecule has 0 aromatic carbocycles. The van der Waals surface area contributed by atoms with E-state index >= 15 is 0 Å². The van der Waals surface area contributed by atoms with Crippen LogP contribution in [0.2, 0.25) is 0 Å². The first-order valence-electron chi connectivity index (χ1n) is 3.86. The Morgan fingerprint density at radius 3 is 2.71 bits per heavy atom. The molecule has 1 heterocycles. The Labute approximate surface area is 82.1 Å². The Morgan fingerprint density at radius 2 is 2.21 bits per heavy atom. The number of ketones is 1. The highest BCUT2D eigenvalue weighted by Gasteiger charge is 2.26. The summed E-state index contributed by atoms with van der Waals surface area (Å²) in [6.07, 6.45) is -5.46. The third-order valence-electron chi connectivity index (χ3n) is 1.51. The largest absolute Gasteiger partial charge is 0.389 e. The van der Waals surface area contributed by atoms with E-state index in [-0.39, 0.29) is 24.3 Å². The number of Topliss-reactive ketones (excluding diaryl/α,β-unsaturated/α-hetero) is 1. The topological polar surface area (TPSA) is 42.9 Å². The van der Waals surface area contributed by atoms with Gasteiger partial charge in [0.05, 0.1) is 0 Å². The molecule has 7 heteroatoms. The van der Waals surface area contributed by atoms with E-state index in [1.807, 2.05) is 0 Å². The summed E-state index contributed by atoms with van der Waals surface area (Å²) >= 11 is 1.00. The Bertz CT molecular complexity index is 296. The summed E-state index contributed by atoms with van der Waals surface area (Å²) in [5.74, 6) is -0.386. The van der Waals surface area contributed by atoms with Crippen molar-refractivity contribution in [3.8, 4) is 0 Å². The Balaban J connectivity index is 2.30. The van der Waals surface area contributed by atoms with Crippen molar-refractivity contribution in [3.63, 3.8) is 0 Å². The fraction of sp³-hybridized carbons (Fsp3) is 0.571. The van der Waals surface area contributed by atoms with Crippen molar-refractivity contribution >= 4 is 17.3 Å². The van der Waals surface area contributed by atoms with Crippen LogP contribution >= 0.6 is 11.5 Å². The van der Waals surface area contributed by atoms with Gasteiger partial charge in [-0.25, -0.2) is 0 Å². The number of aromatic nitrogens is 2. The maximum absolute atomic E-state index is 11.7. The number of hydrogen-bond acceptors (Lipinski definition) is 4. The van der Waals surface area contributed by atoms with Gasteiger partial charge in [0.25, 0.3) is 0 Å². The summed E-state index contributed by atoms with van der Waals surface area (Å²) in [6.45, 7) is 0. The lowest BCUT2D eigenvalue weighted by Gasteiger charge is -2.03. The molecule has 0 fully saturated rings. The molecule has 0 aliphatic carbocycles. The van der Waals surface area contributed by atoms with E-state index in [0.717, 1.165) is 11.5 Å². The van der Waals surface area contributed by atoms with Gasteiger partial charge in [-0.1, -0.05) is 4.49 Å². The van der Waals surface area contributed by atoms with Gasteiger partial charge >= 0.3 is 6.18 Å². The van der Waals surface area contributed by atoms with Gasteiger partial charge in [0.15, 0.2) is 5.78 Å². The fourth-order valence-corrected chi connectivity index (χ4v) is 1.32. The minimum Gasteiger partial charge on any atom is -0.292 e. The second-order valence-corrected chi connectivity index (χ2v) is 3.29. The summed E-state index contributed by atoms with van der Waals surface area (Å²) in [4.78, 5) is 11.1. The Kier molecular flexibility index (Phi) is 3.56. The number of hydrogen-bond donors (Lipinski definition) is 0. The third-order valence-corrected chi connectivity index (χ3v) is 2.01. The summed E-state index contributed by atoms with van der Waals surface area (Å²) in [6, 6.07) is 0. The van der Waals surface area contributed by atoms with E-state index in [1.54, 1.807) is 0 Å². The molecule has 0 amide bonds. The molecule has 0 radical (unpaired) electrons. The van der Waals surface area contributed by atoms with Gasteiger partial charge in [0.1, 0.15) is 5.69 Å². The molecule has 3 nitrogen and oxygen atoms in total. The molecular formula is C7H7F3N2OS. The van der Waals surface area contributed by atoms with E-state index in [2.05, 4.69) is 9.59 Å². The van der Waals surface area contributed by atoms with Crippen LogP contribution in [0.5, 0.6) is 0 Å². The summed E-state index contributed by atoms with van der Waals surface area (Å²) < 4.78 is 38.6. The summed E-state index contributed by atoms with van der Waals surface area (Å²) in [5, 5.41) is 4.90. The predicted octanol–water partition coefficient (Wildman–Crippen LogP) is 2.45. The van der Waals surface area contributed by atoms with Gasteiger partial charge in [-0.2, -0.15) is 13.2 Å². The lowest BCUT2D eigenvalue weighted by molar-refractivity contribution is -0.135. The van der Waals surface area contributed by atoms with Crippen molar-refractivity contribution in [2.75, 3.05) is 0 Å². The summed E-state index contributed by atoms with van der Waals surface area (Å²) in [5.41, 5.74) is 0.150. The Hall–Kier alpha value is -0.980. The SMILES string of the molecule is O=C(CCCC(F)(F)F)c1csnn1. The maximum Gasteiger partial charge on any atom is 0.389 e. The highest BCUT2D eigenvalue weighted by atomic mass is 32.1. The van der Waals surface area contributed by atoms with Crippen molar-refractivity contribution in [2.24, 2.45) is 0 Å². The van der Waals surface area contributed by atoms with Gasteiger partial charge in [0, 0.05) is 18.2 Å². The molecule has 0 bridgehead atoms. The van der Waals surface area contributed by atoms with Crippen LogP contribution in [0, 0.1) is 0 Å². The van der Waals surface area contributed by atoms with Crippen molar-refractivity contribution in [2.45, 2.75) is 25.4 Å². The first-order chi connectivity index (χ1) is 6.49. The highest BCUT2D eigenvalue weighted by molar-refractivity contribution is 7.03. The normalized spacial score (nSPS) is 11.6. The number of carbonyl (C=O) groups excluding carboxylic acids is 1. The predicted molar refractivity (Wildman–Crippen MR) is 44.1 cm³/mol. The molecule has 78 valence electrons. The number of nitrogens with zero attached hydrogens (tertiary/aromatic N) is 2. The van der Waals surface area contributed by atoms with Crippen molar-refractivity contribution in [1.29, 1.82) is 0 Å². The molecule has 0 aliphatic heterocycles. The monoisotopic (exact) mass is 224 g/mol. The molecule has 1 aromatic heterocycles. The van der Waals surface area contributed by atoms with Gasteiger partial charge in [0.2, 0.25) is 0 Å². The van der Waals surface area contributed by atoms with Gasteiger partial charge in [-0.05, 0) is 18.0 Å². The number of alkyl halides is 3. The van der Waals surface area contributed by atoms with E-state index in [4.69, 9.17) is 0 Å². The maximum atomic E-state index is 11.7. The zero-order valence-corrected chi connectivity index (χ0v) is 7.86. The summed E-state index contributed by atoms with van der Waals surface area (Å²) in [7, 11) is 0. The number of rotatable bonds is 4. The molecule has 0 spiro atoms. The van der Waals surface area contributed by atoms with Crippen LogP contribution in [-0.4, -0.2) is 21.5 Å². The molecule has 0 N–H and O–H groups in total. The number of carbonyl (C=O) groups is 1. The van der Waals surface area contributed by atoms with Crippen LogP contribution in [0.3, 0.4) is 0 Å². The van der Waals surface area contributed by atoms with E-state index in [9.17, 15) is 18.0 Å². The quantitative estimate of drug-likeness (QED) is 0.738. The zero-order valence-electron chi connectivity index (χ0n) is 7.04. The van der Waals surface area contributed by atoms with E-state index in [1.165, 1.54) is 5.38 Å². The van der Waals surface area contributed by atoms with E-state index in [0.29, 0.717) is 0 Å².